The Morgan fingerprint density at radius 3 is 2.36 bits per heavy atom. The molecule has 122 valence electrons. The molecule has 25 heavy (non-hydrogen) atoms. The van der Waals surface area contributed by atoms with Crippen LogP contribution in [0.5, 0.6) is 0 Å². The molecule has 1 aliphatic rings. The number of allylic oxidation sites excluding steroid dienone is 1. The minimum Gasteiger partial charge on any atom is -0.289 e. The zero-order valence-electron chi connectivity index (χ0n) is 13.2. The molecule has 0 saturated heterocycles. The van der Waals surface area contributed by atoms with E-state index in [4.69, 9.17) is 0 Å². The van der Waals surface area contributed by atoms with Gasteiger partial charge in [0, 0.05) is 22.6 Å². The molecule has 0 amide bonds. The summed E-state index contributed by atoms with van der Waals surface area (Å²) in [4.78, 5) is 12.9. The third kappa shape index (κ3) is 2.68. The van der Waals surface area contributed by atoms with Crippen LogP contribution >= 0.6 is 0 Å². The van der Waals surface area contributed by atoms with Crippen molar-refractivity contribution in [1.29, 1.82) is 0 Å². The molecule has 1 nitrogen and oxygen atoms in total. The Labute approximate surface area is 144 Å². The molecule has 0 spiro atoms. The molecule has 0 fully saturated rings. The molecule has 0 aliphatic heterocycles. The summed E-state index contributed by atoms with van der Waals surface area (Å²) < 4.78 is 27.6. The fourth-order valence-corrected chi connectivity index (χ4v) is 3.36. The van der Waals surface area contributed by atoms with Gasteiger partial charge in [0.05, 0.1) is 0 Å². The monoisotopic (exact) mass is 332 g/mol. The van der Waals surface area contributed by atoms with E-state index in [1.165, 1.54) is 6.08 Å². The van der Waals surface area contributed by atoms with Crippen LogP contribution < -0.4 is 0 Å². The van der Waals surface area contributed by atoms with Gasteiger partial charge >= 0.3 is 0 Å². The zero-order chi connectivity index (χ0) is 17.4. The summed E-state index contributed by atoms with van der Waals surface area (Å²) in [6.07, 6.45) is 1.47. The van der Waals surface area contributed by atoms with Crippen molar-refractivity contribution in [2.75, 3.05) is 0 Å². The molecule has 3 heteroatoms. The van der Waals surface area contributed by atoms with Gasteiger partial charge in [-0.1, -0.05) is 54.6 Å². The van der Waals surface area contributed by atoms with E-state index in [0.29, 0.717) is 11.1 Å². The molecule has 0 N–H and O–H groups in total. The van der Waals surface area contributed by atoms with Gasteiger partial charge in [0.25, 0.3) is 0 Å². The highest BCUT2D eigenvalue weighted by Crippen LogP contribution is 2.42. The van der Waals surface area contributed by atoms with E-state index in [2.05, 4.69) is 0 Å². The first kappa shape index (κ1) is 15.5. The fourth-order valence-electron chi connectivity index (χ4n) is 3.36. The first-order valence-corrected chi connectivity index (χ1v) is 8.00. The van der Waals surface area contributed by atoms with Gasteiger partial charge in [-0.2, -0.15) is 0 Å². The van der Waals surface area contributed by atoms with Crippen LogP contribution in [0.2, 0.25) is 0 Å². The van der Waals surface area contributed by atoms with Crippen LogP contribution in [0, 0.1) is 11.6 Å². The van der Waals surface area contributed by atoms with Gasteiger partial charge in [0.1, 0.15) is 11.6 Å². The Morgan fingerprint density at radius 2 is 1.56 bits per heavy atom. The largest absolute Gasteiger partial charge is 0.289 e. The zero-order valence-corrected chi connectivity index (χ0v) is 13.2. The molecule has 1 atom stereocenters. The number of fused-ring (bicyclic) bond motifs is 1. The molecular formula is C22H14F2O. The van der Waals surface area contributed by atoms with Crippen molar-refractivity contribution in [2.45, 2.75) is 5.92 Å². The van der Waals surface area contributed by atoms with Gasteiger partial charge < -0.3 is 0 Å². The molecule has 0 heterocycles. The van der Waals surface area contributed by atoms with Gasteiger partial charge in [-0.15, -0.1) is 0 Å². The van der Waals surface area contributed by atoms with Gasteiger partial charge in [0.15, 0.2) is 5.78 Å². The second kappa shape index (κ2) is 6.10. The van der Waals surface area contributed by atoms with Crippen molar-refractivity contribution in [1.82, 2.24) is 0 Å². The topological polar surface area (TPSA) is 17.1 Å². The maximum atomic E-state index is 14.1. The summed E-state index contributed by atoms with van der Waals surface area (Å²) in [5.74, 6) is -1.52. The Morgan fingerprint density at radius 1 is 0.840 bits per heavy atom. The van der Waals surface area contributed by atoms with Crippen molar-refractivity contribution >= 4 is 11.9 Å². The van der Waals surface area contributed by atoms with Crippen LogP contribution in [0.1, 0.15) is 33.0 Å². The second-order valence-corrected chi connectivity index (χ2v) is 6.03. The Kier molecular flexibility index (Phi) is 3.77. The highest BCUT2D eigenvalue weighted by Gasteiger charge is 2.35. The average Bonchev–Trinajstić information content (AvgIpc) is 2.91. The quantitative estimate of drug-likeness (QED) is 0.576. The number of ketones is 1. The summed E-state index contributed by atoms with van der Waals surface area (Å²) in [6.45, 7) is 0. The summed E-state index contributed by atoms with van der Waals surface area (Å²) in [5, 5.41) is 0. The number of carbonyl (C=O) groups is 1. The molecule has 0 radical (unpaired) electrons. The van der Waals surface area contributed by atoms with Crippen LogP contribution in [0.25, 0.3) is 6.08 Å². The molecule has 1 aliphatic carbocycles. The van der Waals surface area contributed by atoms with Gasteiger partial charge in [-0.05, 0) is 35.4 Å². The molecule has 0 unspecified atom stereocenters. The van der Waals surface area contributed by atoms with Crippen LogP contribution in [-0.4, -0.2) is 5.78 Å². The number of halogens is 2. The summed E-state index contributed by atoms with van der Waals surface area (Å²) in [5.41, 5.74) is 2.99. The van der Waals surface area contributed by atoms with Gasteiger partial charge in [-0.3, -0.25) is 4.79 Å². The van der Waals surface area contributed by atoms with Crippen molar-refractivity contribution in [3.63, 3.8) is 0 Å². The predicted octanol–water partition coefficient (Wildman–Crippen LogP) is 5.38. The smallest absolute Gasteiger partial charge is 0.190 e. The Balaban J connectivity index is 1.93. The van der Waals surface area contributed by atoms with Crippen molar-refractivity contribution in [3.8, 4) is 0 Å². The van der Waals surface area contributed by atoms with E-state index in [0.717, 1.165) is 29.3 Å². The highest BCUT2D eigenvalue weighted by molar-refractivity contribution is 6.17. The van der Waals surface area contributed by atoms with Crippen LogP contribution in [0.15, 0.2) is 78.4 Å². The maximum Gasteiger partial charge on any atom is 0.190 e. The Bertz CT molecular complexity index is 990. The minimum atomic E-state index is -0.551. The lowest BCUT2D eigenvalue weighted by Gasteiger charge is -2.14. The van der Waals surface area contributed by atoms with Crippen molar-refractivity contribution in [2.24, 2.45) is 0 Å². The van der Waals surface area contributed by atoms with E-state index >= 15 is 0 Å². The minimum absolute atomic E-state index is 0.0806. The van der Waals surface area contributed by atoms with E-state index in [-0.39, 0.29) is 17.3 Å². The lowest BCUT2D eigenvalue weighted by molar-refractivity contribution is 0.103. The van der Waals surface area contributed by atoms with Crippen LogP contribution in [0.4, 0.5) is 8.78 Å². The molecule has 3 aromatic rings. The average molecular weight is 332 g/mol. The number of carbonyl (C=O) groups excluding carboxylic acids is 1. The fraction of sp³-hybridized carbons (Fsp3) is 0.0455. The summed E-state index contributed by atoms with van der Waals surface area (Å²) in [6, 6.07) is 20.2. The number of hydrogen-bond donors (Lipinski definition) is 0. The Hall–Kier alpha value is -3.07. The number of Topliss-reactive ketones (excluding diaryl/α,β-unsaturated/α-hetero) is 1. The van der Waals surface area contributed by atoms with Crippen LogP contribution in [0.3, 0.4) is 0 Å². The second-order valence-electron chi connectivity index (χ2n) is 6.03. The van der Waals surface area contributed by atoms with E-state index in [1.807, 2.05) is 48.5 Å². The van der Waals surface area contributed by atoms with Crippen molar-refractivity contribution < 1.29 is 13.6 Å². The molecule has 0 bridgehead atoms. The van der Waals surface area contributed by atoms with Gasteiger partial charge in [0.2, 0.25) is 0 Å². The molecule has 0 saturated carbocycles. The van der Waals surface area contributed by atoms with Crippen LogP contribution in [-0.2, 0) is 0 Å². The van der Waals surface area contributed by atoms with Gasteiger partial charge in [-0.25, -0.2) is 8.78 Å². The predicted molar refractivity (Wildman–Crippen MR) is 93.4 cm³/mol. The molecule has 3 aromatic carbocycles. The normalized spacial score (nSPS) is 17.8. The lowest BCUT2D eigenvalue weighted by Crippen LogP contribution is -2.03. The van der Waals surface area contributed by atoms with E-state index in [9.17, 15) is 13.6 Å². The highest BCUT2D eigenvalue weighted by atomic mass is 19.1. The maximum absolute atomic E-state index is 14.1. The third-order valence-corrected chi connectivity index (χ3v) is 4.49. The summed E-state index contributed by atoms with van der Waals surface area (Å²) in [7, 11) is 0. The molecule has 4 rings (SSSR count). The van der Waals surface area contributed by atoms with Crippen molar-refractivity contribution in [3.05, 3.63) is 112 Å². The van der Waals surface area contributed by atoms with E-state index < -0.39 is 11.6 Å². The first-order chi connectivity index (χ1) is 12.1. The lowest BCUT2D eigenvalue weighted by atomic mass is 9.89. The first-order valence-electron chi connectivity index (χ1n) is 8.00. The molecule has 0 aromatic heterocycles. The number of benzene rings is 3. The molecular weight excluding hydrogens is 318 g/mol. The summed E-state index contributed by atoms with van der Waals surface area (Å²) >= 11 is 0. The van der Waals surface area contributed by atoms with E-state index in [1.54, 1.807) is 6.07 Å². The number of hydrogen-bond acceptors (Lipinski definition) is 1. The SMILES string of the molecule is O=C1/C(=C\c2cc(F)ccc2F)[C@H](c2ccccc2)c2ccccc21. The number of rotatable bonds is 2. The standard InChI is InChI=1S/C22H14F2O/c23-16-10-11-20(24)15(12-16)13-19-21(14-6-2-1-3-7-14)17-8-4-5-9-18(17)22(19)25/h1-13,21H/b19-13-/t21-/m1/s1. The third-order valence-electron chi connectivity index (χ3n) is 4.49.